The molecule has 0 spiro atoms. The molecular weight excluding hydrogens is 455 g/mol. The summed E-state index contributed by atoms with van der Waals surface area (Å²) in [4.78, 5) is 13.3. The topological polar surface area (TPSA) is 53.2 Å². The molecule has 1 unspecified atom stereocenters. The average Bonchev–Trinajstić information content (AvgIpc) is 2.74. The van der Waals surface area contributed by atoms with E-state index < -0.39 is 22.9 Å². The number of carbonyl (C=O) groups is 1. The summed E-state index contributed by atoms with van der Waals surface area (Å²) in [6.07, 6.45) is -4.47. The fourth-order valence-corrected chi connectivity index (χ4v) is 3.90. The molecule has 0 aliphatic rings. The fraction of sp³-hybridized carbons (Fsp3) is 0.130. The Balaban J connectivity index is 1.58. The zero-order valence-electron chi connectivity index (χ0n) is 16.9. The van der Waals surface area contributed by atoms with E-state index in [-0.39, 0.29) is 5.69 Å². The molecule has 3 N–H and O–H groups in total. The Morgan fingerprint density at radius 2 is 1.44 bits per heavy atom. The molecule has 0 radical (unpaired) electrons. The van der Waals surface area contributed by atoms with Crippen LogP contribution in [0.15, 0.2) is 83.8 Å². The lowest BCUT2D eigenvalue weighted by Gasteiger charge is -2.15. The molecule has 0 aliphatic heterocycles. The minimum atomic E-state index is -4.47. The summed E-state index contributed by atoms with van der Waals surface area (Å²) in [7, 11) is 0. The van der Waals surface area contributed by atoms with Gasteiger partial charge >= 0.3 is 6.18 Å². The molecule has 9 heteroatoms. The Morgan fingerprint density at radius 3 is 2.12 bits per heavy atom. The zero-order valence-corrected chi connectivity index (χ0v) is 18.6. The highest BCUT2D eigenvalue weighted by Gasteiger charge is 2.30. The average molecular weight is 476 g/mol. The van der Waals surface area contributed by atoms with E-state index in [1.807, 2.05) is 54.6 Å². The second-order valence-electron chi connectivity index (χ2n) is 6.80. The third kappa shape index (κ3) is 7.00. The third-order valence-electron chi connectivity index (χ3n) is 4.26. The molecule has 0 saturated carbocycles. The Hall–Kier alpha value is -3.04. The molecule has 0 bridgehead atoms. The lowest BCUT2D eigenvalue weighted by atomic mass is 10.2. The minimum absolute atomic E-state index is 0.102. The van der Waals surface area contributed by atoms with Crippen LogP contribution in [0, 0.1) is 0 Å². The summed E-state index contributed by atoms with van der Waals surface area (Å²) in [5.41, 5.74) is 0.892. The van der Waals surface area contributed by atoms with Gasteiger partial charge in [-0.1, -0.05) is 30.3 Å². The first kappa shape index (κ1) is 23.6. The van der Waals surface area contributed by atoms with Crippen LogP contribution in [0.4, 0.5) is 30.2 Å². The molecule has 0 aliphatic carbocycles. The van der Waals surface area contributed by atoms with Crippen LogP contribution < -0.4 is 16.0 Å². The van der Waals surface area contributed by atoms with Crippen LogP contribution in [0.2, 0.25) is 0 Å². The van der Waals surface area contributed by atoms with E-state index in [9.17, 15) is 18.0 Å². The lowest BCUT2D eigenvalue weighted by Crippen LogP contribution is -2.22. The van der Waals surface area contributed by atoms with Crippen molar-refractivity contribution in [3.63, 3.8) is 0 Å². The van der Waals surface area contributed by atoms with Crippen LogP contribution in [0.25, 0.3) is 0 Å². The Morgan fingerprint density at radius 1 is 0.844 bits per heavy atom. The molecule has 0 saturated heterocycles. The number of para-hydroxylation sites is 1. The van der Waals surface area contributed by atoms with E-state index in [1.54, 1.807) is 6.92 Å². The number of halogens is 3. The SMILES string of the molecule is CC(Sc1cccc(NC(=S)Nc2ccccc2)c1)C(=O)Nc1cccc(C(F)(F)F)c1. The van der Waals surface area contributed by atoms with Gasteiger partial charge in [-0.3, -0.25) is 4.79 Å². The smallest absolute Gasteiger partial charge is 0.332 e. The number of thiocarbonyl (C=S) groups is 1. The summed E-state index contributed by atoms with van der Waals surface area (Å²) in [5.74, 6) is -0.394. The Labute approximate surface area is 193 Å². The second kappa shape index (κ2) is 10.5. The van der Waals surface area contributed by atoms with Crippen LogP contribution in [-0.4, -0.2) is 16.3 Å². The van der Waals surface area contributed by atoms with Crippen molar-refractivity contribution in [3.05, 3.63) is 84.4 Å². The lowest BCUT2D eigenvalue weighted by molar-refractivity contribution is -0.137. The number of hydrogen-bond donors (Lipinski definition) is 3. The Kier molecular flexibility index (Phi) is 7.76. The highest BCUT2D eigenvalue weighted by atomic mass is 32.2. The first-order valence-corrected chi connectivity index (χ1v) is 10.9. The molecule has 1 amide bonds. The number of benzene rings is 3. The minimum Gasteiger partial charge on any atom is -0.332 e. The van der Waals surface area contributed by atoms with Gasteiger partial charge in [0.25, 0.3) is 0 Å². The van der Waals surface area contributed by atoms with Crippen molar-refractivity contribution < 1.29 is 18.0 Å². The van der Waals surface area contributed by atoms with Crippen molar-refractivity contribution in [1.82, 2.24) is 0 Å². The molecule has 3 aromatic carbocycles. The molecular formula is C23H20F3N3OS2. The van der Waals surface area contributed by atoms with Gasteiger partial charge in [0, 0.05) is 22.0 Å². The van der Waals surface area contributed by atoms with Gasteiger partial charge in [0.2, 0.25) is 5.91 Å². The van der Waals surface area contributed by atoms with Crippen LogP contribution in [0.1, 0.15) is 12.5 Å². The largest absolute Gasteiger partial charge is 0.416 e. The van der Waals surface area contributed by atoms with Crippen molar-refractivity contribution in [1.29, 1.82) is 0 Å². The first-order chi connectivity index (χ1) is 15.2. The maximum Gasteiger partial charge on any atom is 0.416 e. The number of anilines is 3. The predicted molar refractivity (Wildman–Crippen MR) is 128 cm³/mol. The van der Waals surface area contributed by atoms with E-state index in [2.05, 4.69) is 16.0 Å². The van der Waals surface area contributed by atoms with Gasteiger partial charge in [-0.2, -0.15) is 13.2 Å². The van der Waals surface area contributed by atoms with Gasteiger partial charge in [-0.15, -0.1) is 11.8 Å². The maximum atomic E-state index is 12.9. The molecule has 3 aromatic rings. The van der Waals surface area contributed by atoms with Crippen molar-refractivity contribution in [2.75, 3.05) is 16.0 Å². The summed E-state index contributed by atoms with van der Waals surface area (Å²) in [6, 6.07) is 21.4. The number of rotatable bonds is 6. The van der Waals surface area contributed by atoms with Gasteiger partial charge in [0.05, 0.1) is 10.8 Å². The zero-order chi connectivity index (χ0) is 23.1. The molecule has 166 valence electrons. The molecule has 0 aromatic heterocycles. The number of alkyl halides is 3. The molecule has 0 heterocycles. The fourth-order valence-electron chi connectivity index (χ4n) is 2.74. The molecule has 32 heavy (non-hydrogen) atoms. The van der Waals surface area contributed by atoms with Crippen molar-refractivity contribution in [2.45, 2.75) is 23.2 Å². The monoisotopic (exact) mass is 475 g/mol. The molecule has 1 atom stereocenters. The van der Waals surface area contributed by atoms with E-state index in [0.717, 1.165) is 28.4 Å². The first-order valence-electron chi connectivity index (χ1n) is 9.58. The van der Waals surface area contributed by atoms with Gasteiger partial charge in [0.15, 0.2) is 5.11 Å². The van der Waals surface area contributed by atoms with Gasteiger partial charge < -0.3 is 16.0 Å². The summed E-state index contributed by atoms with van der Waals surface area (Å²) < 4.78 is 38.6. The van der Waals surface area contributed by atoms with Gasteiger partial charge in [-0.05, 0) is 67.7 Å². The second-order valence-corrected chi connectivity index (χ2v) is 8.62. The van der Waals surface area contributed by atoms with Crippen molar-refractivity contribution >= 4 is 52.1 Å². The standard InChI is InChI=1S/C23H20F3N3OS2/c1-15(21(30)27-18-10-5-7-16(13-18)23(24,25)26)32-20-12-6-11-19(14-20)29-22(31)28-17-8-3-2-4-9-17/h2-15H,1H3,(H,27,30)(H2,28,29,31). The van der Waals surface area contributed by atoms with Crippen molar-refractivity contribution in [3.8, 4) is 0 Å². The quantitative estimate of drug-likeness (QED) is 0.276. The molecule has 0 fully saturated rings. The van der Waals surface area contributed by atoms with Crippen LogP contribution in [0.3, 0.4) is 0 Å². The molecule has 4 nitrogen and oxygen atoms in total. The van der Waals surface area contributed by atoms with E-state index in [1.165, 1.54) is 23.9 Å². The van der Waals surface area contributed by atoms with Crippen LogP contribution in [0.5, 0.6) is 0 Å². The highest BCUT2D eigenvalue weighted by Crippen LogP contribution is 2.31. The Bertz CT molecular complexity index is 1090. The van der Waals surface area contributed by atoms with Gasteiger partial charge in [0.1, 0.15) is 0 Å². The van der Waals surface area contributed by atoms with E-state index in [0.29, 0.717) is 5.11 Å². The number of carbonyl (C=O) groups excluding carboxylic acids is 1. The normalized spacial score (nSPS) is 12.0. The molecule has 3 rings (SSSR count). The number of amides is 1. The van der Waals surface area contributed by atoms with Crippen molar-refractivity contribution in [2.24, 2.45) is 0 Å². The summed E-state index contributed by atoms with van der Waals surface area (Å²) >= 11 is 6.61. The van der Waals surface area contributed by atoms with Crippen LogP contribution >= 0.6 is 24.0 Å². The van der Waals surface area contributed by atoms with Gasteiger partial charge in [-0.25, -0.2) is 0 Å². The number of thioether (sulfide) groups is 1. The summed E-state index contributed by atoms with van der Waals surface area (Å²) in [5, 5.41) is 8.61. The predicted octanol–water partition coefficient (Wildman–Crippen LogP) is 6.63. The van der Waals surface area contributed by atoms with E-state index in [4.69, 9.17) is 12.2 Å². The third-order valence-corrected chi connectivity index (χ3v) is 5.56. The number of nitrogens with one attached hydrogen (secondary N) is 3. The summed E-state index contributed by atoms with van der Waals surface area (Å²) in [6.45, 7) is 1.69. The van der Waals surface area contributed by atoms with E-state index >= 15 is 0 Å². The van der Waals surface area contributed by atoms with Crippen LogP contribution in [-0.2, 0) is 11.0 Å². The highest BCUT2D eigenvalue weighted by molar-refractivity contribution is 8.00. The number of hydrogen-bond acceptors (Lipinski definition) is 3. The maximum absolute atomic E-state index is 12.9.